The number of rotatable bonds is 2. The third kappa shape index (κ3) is 2.15. The van der Waals surface area contributed by atoms with Crippen molar-refractivity contribution in [1.29, 1.82) is 0 Å². The molecule has 2 aliphatic heterocycles. The summed E-state index contributed by atoms with van der Waals surface area (Å²) in [5.74, 6) is 2.35. The van der Waals surface area contributed by atoms with Crippen molar-refractivity contribution in [3.05, 3.63) is 0 Å². The average Bonchev–Trinajstić information content (AvgIpc) is 2.59. The second kappa shape index (κ2) is 4.69. The van der Waals surface area contributed by atoms with E-state index in [-0.39, 0.29) is 0 Å². The van der Waals surface area contributed by atoms with Gasteiger partial charge >= 0.3 is 0 Å². The monoisotopic (exact) mass is 237 g/mol. The summed E-state index contributed by atoms with van der Waals surface area (Å²) in [6.45, 7) is 3.85. The lowest BCUT2D eigenvalue weighted by molar-refractivity contribution is -0.135. The molecule has 2 heterocycles. The van der Waals surface area contributed by atoms with Crippen molar-refractivity contribution < 1.29 is 9.53 Å². The van der Waals surface area contributed by atoms with E-state index in [4.69, 9.17) is 4.74 Å². The van der Waals surface area contributed by atoms with E-state index in [1.807, 2.05) is 0 Å². The first-order valence-corrected chi connectivity index (χ1v) is 7.05. The molecule has 2 bridgehead atoms. The van der Waals surface area contributed by atoms with Crippen LogP contribution in [0.4, 0.5) is 0 Å². The standard InChI is InChI=1S/C14H23NO2/c1-15-6-4-10(5-7-15)14(16)13-11-2-3-12(13)9-17-8-11/h10-13H,2-9H2,1H3. The molecule has 3 heteroatoms. The number of Topliss-reactive ketones (excluding diaryl/α,β-unsaturated/α-hetero) is 1. The molecule has 17 heavy (non-hydrogen) atoms. The number of hydrogen-bond donors (Lipinski definition) is 0. The van der Waals surface area contributed by atoms with Crippen LogP contribution in [0.25, 0.3) is 0 Å². The molecule has 0 spiro atoms. The van der Waals surface area contributed by atoms with E-state index in [0.717, 1.165) is 39.1 Å². The summed E-state index contributed by atoms with van der Waals surface area (Å²) in [5, 5.41) is 0. The summed E-state index contributed by atoms with van der Waals surface area (Å²) < 4.78 is 5.58. The van der Waals surface area contributed by atoms with E-state index in [9.17, 15) is 4.79 Å². The Labute approximate surface area is 104 Å². The quantitative estimate of drug-likeness (QED) is 0.730. The lowest BCUT2D eigenvalue weighted by Gasteiger charge is -2.34. The van der Waals surface area contributed by atoms with Gasteiger partial charge in [0.2, 0.25) is 0 Å². The third-order valence-corrected chi connectivity index (χ3v) is 5.04. The first-order valence-electron chi connectivity index (χ1n) is 7.05. The fourth-order valence-electron chi connectivity index (χ4n) is 3.95. The van der Waals surface area contributed by atoms with Crippen molar-refractivity contribution in [3.63, 3.8) is 0 Å². The average molecular weight is 237 g/mol. The van der Waals surface area contributed by atoms with Crippen molar-refractivity contribution in [2.75, 3.05) is 33.4 Å². The molecule has 3 aliphatic rings. The topological polar surface area (TPSA) is 29.5 Å². The van der Waals surface area contributed by atoms with Crippen LogP contribution in [0.3, 0.4) is 0 Å². The molecule has 96 valence electrons. The van der Waals surface area contributed by atoms with Gasteiger partial charge in [-0.2, -0.15) is 0 Å². The largest absolute Gasteiger partial charge is 0.381 e. The molecular formula is C14H23NO2. The van der Waals surface area contributed by atoms with Crippen LogP contribution in [-0.2, 0) is 9.53 Å². The van der Waals surface area contributed by atoms with E-state index >= 15 is 0 Å². The predicted molar refractivity (Wildman–Crippen MR) is 65.8 cm³/mol. The Balaban J connectivity index is 1.66. The smallest absolute Gasteiger partial charge is 0.139 e. The molecule has 1 aliphatic carbocycles. The Morgan fingerprint density at radius 2 is 1.65 bits per heavy atom. The summed E-state index contributed by atoms with van der Waals surface area (Å²) in [4.78, 5) is 15.0. The van der Waals surface area contributed by atoms with Gasteiger partial charge in [-0.1, -0.05) is 0 Å². The first-order chi connectivity index (χ1) is 8.25. The fraction of sp³-hybridized carbons (Fsp3) is 0.929. The Bertz CT molecular complexity index is 281. The number of ketones is 1. The number of likely N-dealkylation sites (tertiary alicyclic amines) is 1. The summed E-state index contributed by atoms with van der Waals surface area (Å²) >= 11 is 0. The van der Waals surface area contributed by atoms with Crippen LogP contribution >= 0.6 is 0 Å². The number of ether oxygens (including phenoxy) is 1. The predicted octanol–water partition coefficient (Wildman–Crippen LogP) is 1.57. The molecule has 0 aromatic rings. The molecule has 2 atom stereocenters. The zero-order chi connectivity index (χ0) is 11.8. The number of hydrogen-bond acceptors (Lipinski definition) is 3. The van der Waals surface area contributed by atoms with Gasteiger partial charge in [0.05, 0.1) is 13.2 Å². The first kappa shape index (κ1) is 11.7. The molecule has 3 nitrogen and oxygen atoms in total. The number of carbonyl (C=O) groups is 1. The molecular weight excluding hydrogens is 214 g/mol. The Morgan fingerprint density at radius 3 is 2.24 bits per heavy atom. The zero-order valence-corrected chi connectivity index (χ0v) is 10.7. The number of fused-ring (bicyclic) bond motifs is 2. The fourth-order valence-corrected chi connectivity index (χ4v) is 3.95. The molecule has 3 fully saturated rings. The van der Waals surface area contributed by atoms with Crippen molar-refractivity contribution in [3.8, 4) is 0 Å². The highest BCUT2D eigenvalue weighted by atomic mass is 16.5. The lowest BCUT2D eigenvalue weighted by Crippen LogP contribution is -2.41. The second-order valence-corrected chi connectivity index (χ2v) is 6.14. The van der Waals surface area contributed by atoms with E-state index in [2.05, 4.69) is 11.9 Å². The van der Waals surface area contributed by atoms with E-state index in [0.29, 0.717) is 29.5 Å². The SMILES string of the molecule is CN1CCC(C(=O)C2C3CCC2COC3)CC1. The summed E-state index contributed by atoms with van der Waals surface area (Å²) in [6.07, 6.45) is 4.58. The number of carbonyl (C=O) groups excluding carboxylic acids is 1. The van der Waals surface area contributed by atoms with Crippen LogP contribution in [0.1, 0.15) is 25.7 Å². The van der Waals surface area contributed by atoms with E-state index < -0.39 is 0 Å². The molecule has 0 aromatic heterocycles. The Hall–Kier alpha value is -0.410. The summed E-state index contributed by atoms with van der Waals surface area (Å²) in [7, 11) is 2.15. The maximum Gasteiger partial charge on any atom is 0.139 e. The highest BCUT2D eigenvalue weighted by Crippen LogP contribution is 2.43. The van der Waals surface area contributed by atoms with E-state index in [1.165, 1.54) is 12.8 Å². The molecule has 2 unspecified atom stereocenters. The minimum Gasteiger partial charge on any atom is -0.381 e. The van der Waals surface area contributed by atoms with Crippen molar-refractivity contribution in [1.82, 2.24) is 4.90 Å². The molecule has 0 N–H and O–H groups in total. The molecule has 0 radical (unpaired) electrons. The van der Waals surface area contributed by atoms with Crippen LogP contribution in [0.15, 0.2) is 0 Å². The summed E-state index contributed by atoms with van der Waals surface area (Å²) in [5.41, 5.74) is 0. The molecule has 0 aromatic carbocycles. The highest BCUT2D eigenvalue weighted by molar-refractivity contribution is 5.84. The molecule has 2 saturated heterocycles. The van der Waals surface area contributed by atoms with Crippen molar-refractivity contribution in [2.45, 2.75) is 25.7 Å². The van der Waals surface area contributed by atoms with Gasteiger partial charge in [0.15, 0.2) is 0 Å². The van der Waals surface area contributed by atoms with Crippen LogP contribution in [0, 0.1) is 23.7 Å². The normalized spacial score (nSPS) is 39.5. The summed E-state index contributed by atoms with van der Waals surface area (Å²) in [6, 6.07) is 0. The second-order valence-electron chi connectivity index (χ2n) is 6.14. The Morgan fingerprint density at radius 1 is 1.06 bits per heavy atom. The van der Waals surface area contributed by atoms with Crippen molar-refractivity contribution >= 4 is 5.78 Å². The number of piperidine rings is 1. The molecule has 3 rings (SSSR count). The molecule has 1 saturated carbocycles. The van der Waals surface area contributed by atoms with Gasteiger partial charge in [0, 0.05) is 11.8 Å². The van der Waals surface area contributed by atoms with Gasteiger partial charge in [0.1, 0.15) is 5.78 Å². The maximum absolute atomic E-state index is 12.6. The van der Waals surface area contributed by atoms with Crippen LogP contribution in [0.5, 0.6) is 0 Å². The minimum atomic E-state index is 0.345. The van der Waals surface area contributed by atoms with Crippen LogP contribution < -0.4 is 0 Å². The van der Waals surface area contributed by atoms with Gasteiger partial charge in [0.25, 0.3) is 0 Å². The zero-order valence-electron chi connectivity index (χ0n) is 10.7. The highest BCUT2D eigenvalue weighted by Gasteiger charge is 2.45. The van der Waals surface area contributed by atoms with Gasteiger partial charge in [-0.25, -0.2) is 0 Å². The van der Waals surface area contributed by atoms with Gasteiger partial charge in [-0.15, -0.1) is 0 Å². The number of nitrogens with zero attached hydrogens (tertiary/aromatic N) is 1. The van der Waals surface area contributed by atoms with Gasteiger partial charge in [-0.3, -0.25) is 4.79 Å². The third-order valence-electron chi connectivity index (χ3n) is 5.04. The minimum absolute atomic E-state index is 0.345. The maximum atomic E-state index is 12.6. The van der Waals surface area contributed by atoms with Crippen molar-refractivity contribution in [2.24, 2.45) is 23.7 Å². The van der Waals surface area contributed by atoms with Gasteiger partial charge in [-0.05, 0) is 57.7 Å². The van der Waals surface area contributed by atoms with E-state index in [1.54, 1.807) is 0 Å². The van der Waals surface area contributed by atoms with Crippen LogP contribution in [0.2, 0.25) is 0 Å². The van der Waals surface area contributed by atoms with Crippen LogP contribution in [-0.4, -0.2) is 44.0 Å². The Kier molecular flexibility index (Phi) is 3.22. The lowest BCUT2D eigenvalue weighted by atomic mass is 9.77. The van der Waals surface area contributed by atoms with Gasteiger partial charge < -0.3 is 9.64 Å². The molecule has 0 amide bonds.